The van der Waals surface area contributed by atoms with Crippen LogP contribution < -0.4 is 4.72 Å². The summed E-state index contributed by atoms with van der Waals surface area (Å²) in [5.41, 5.74) is 2.60. The van der Waals surface area contributed by atoms with E-state index in [1.165, 1.54) is 13.0 Å². The Morgan fingerprint density at radius 2 is 2.09 bits per heavy atom. The largest absolute Gasteiger partial charge is 0.345 e. The van der Waals surface area contributed by atoms with Crippen molar-refractivity contribution in [1.29, 1.82) is 0 Å². The second kappa shape index (κ2) is 5.92. The molecule has 1 aromatic heterocycles. The summed E-state index contributed by atoms with van der Waals surface area (Å²) in [6.45, 7) is 1.57. The minimum Gasteiger partial charge on any atom is -0.345 e. The molecule has 8 heteroatoms. The number of sulfonamides is 1. The van der Waals surface area contributed by atoms with E-state index in [4.69, 9.17) is 11.6 Å². The van der Waals surface area contributed by atoms with Gasteiger partial charge in [0.25, 0.3) is 0 Å². The monoisotopic (exact) mass is 353 g/mol. The molecule has 0 amide bonds. The first-order chi connectivity index (χ1) is 10.9. The van der Waals surface area contributed by atoms with Crippen molar-refractivity contribution in [2.75, 3.05) is 0 Å². The molecule has 3 aromatic rings. The summed E-state index contributed by atoms with van der Waals surface area (Å²) < 4.78 is 40.6. The smallest absolute Gasteiger partial charge is 0.242 e. The maximum absolute atomic E-state index is 13.4. The van der Waals surface area contributed by atoms with Gasteiger partial charge in [-0.25, -0.2) is 22.5 Å². The maximum Gasteiger partial charge on any atom is 0.242 e. The van der Waals surface area contributed by atoms with E-state index in [0.29, 0.717) is 0 Å². The fourth-order valence-corrected chi connectivity index (χ4v) is 3.80. The van der Waals surface area contributed by atoms with Gasteiger partial charge in [0.15, 0.2) is 0 Å². The van der Waals surface area contributed by atoms with Crippen molar-refractivity contribution < 1.29 is 12.8 Å². The normalized spacial score (nSPS) is 12.0. The Bertz CT molecular complexity index is 986. The number of aromatic nitrogens is 2. The molecule has 0 fully saturated rings. The van der Waals surface area contributed by atoms with Crippen LogP contribution >= 0.6 is 11.6 Å². The molecule has 0 saturated carbocycles. The number of halogens is 2. The van der Waals surface area contributed by atoms with Crippen molar-refractivity contribution in [1.82, 2.24) is 14.7 Å². The summed E-state index contributed by atoms with van der Waals surface area (Å²) in [4.78, 5) is 6.92. The van der Waals surface area contributed by atoms with Crippen LogP contribution in [0.3, 0.4) is 0 Å². The Morgan fingerprint density at radius 1 is 1.30 bits per heavy atom. The zero-order valence-electron chi connectivity index (χ0n) is 12.1. The fraction of sp³-hybridized carbons (Fsp3) is 0.133. The summed E-state index contributed by atoms with van der Waals surface area (Å²) in [6, 6.07) is 7.61. The highest BCUT2D eigenvalue weighted by atomic mass is 35.5. The van der Waals surface area contributed by atoms with Gasteiger partial charge in [-0.05, 0) is 42.3 Å². The number of hydrogen-bond donors (Lipinski definition) is 2. The van der Waals surface area contributed by atoms with Gasteiger partial charge in [-0.15, -0.1) is 0 Å². The van der Waals surface area contributed by atoms with Crippen LogP contribution in [0.1, 0.15) is 11.1 Å². The van der Waals surface area contributed by atoms with E-state index in [1.807, 2.05) is 6.07 Å². The molecule has 120 valence electrons. The molecular weight excluding hydrogens is 341 g/mol. The van der Waals surface area contributed by atoms with E-state index in [1.54, 1.807) is 18.5 Å². The Kier molecular flexibility index (Phi) is 4.09. The number of hydrogen-bond acceptors (Lipinski definition) is 3. The number of imidazole rings is 1. The lowest BCUT2D eigenvalue weighted by molar-refractivity contribution is 0.580. The standard InChI is InChI=1S/C15H13ClFN3O2S/c1-9-4-15(11(16)6-12(9)17)23(21,22)20-7-10-2-3-13-14(5-10)19-8-18-13/h2-6,8,20H,7H2,1H3,(H,18,19). The SMILES string of the molecule is Cc1cc(S(=O)(=O)NCc2ccc3nc[nH]c3c2)c(Cl)cc1F. The number of H-pyrrole nitrogens is 1. The maximum atomic E-state index is 13.4. The molecule has 0 aliphatic carbocycles. The third-order valence-corrected chi connectivity index (χ3v) is 5.32. The van der Waals surface area contributed by atoms with Gasteiger partial charge in [0.05, 0.1) is 22.4 Å². The molecular formula is C15H13ClFN3O2S. The first-order valence-electron chi connectivity index (χ1n) is 6.74. The van der Waals surface area contributed by atoms with E-state index in [9.17, 15) is 12.8 Å². The molecule has 3 rings (SSSR count). The van der Waals surface area contributed by atoms with Crippen LogP contribution in [-0.2, 0) is 16.6 Å². The summed E-state index contributed by atoms with van der Waals surface area (Å²) in [5, 5.41) is -0.148. The summed E-state index contributed by atoms with van der Waals surface area (Å²) in [5.74, 6) is -0.543. The highest BCUT2D eigenvalue weighted by Crippen LogP contribution is 2.25. The quantitative estimate of drug-likeness (QED) is 0.756. The van der Waals surface area contributed by atoms with Gasteiger partial charge in [-0.3, -0.25) is 0 Å². The topological polar surface area (TPSA) is 74.8 Å². The van der Waals surface area contributed by atoms with E-state index >= 15 is 0 Å². The number of aryl methyl sites for hydroxylation is 1. The molecule has 0 saturated heterocycles. The van der Waals surface area contributed by atoms with Gasteiger partial charge >= 0.3 is 0 Å². The van der Waals surface area contributed by atoms with Crippen LogP contribution in [0, 0.1) is 12.7 Å². The van der Waals surface area contributed by atoms with Crippen LogP contribution in [0.4, 0.5) is 4.39 Å². The molecule has 0 atom stereocenters. The second-order valence-electron chi connectivity index (χ2n) is 5.11. The summed E-state index contributed by atoms with van der Waals surface area (Å²) in [7, 11) is -3.84. The average molecular weight is 354 g/mol. The molecule has 23 heavy (non-hydrogen) atoms. The number of nitrogens with zero attached hydrogens (tertiary/aromatic N) is 1. The molecule has 2 N–H and O–H groups in total. The van der Waals surface area contributed by atoms with Crippen LogP contribution in [0.25, 0.3) is 11.0 Å². The molecule has 0 unspecified atom stereocenters. The molecule has 5 nitrogen and oxygen atoms in total. The Morgan fingerprint density at radius 3 is 2.87 bits per heavy atom. The third-order valence-electron chi connectivity index (χ3n) is 3.45. The Hall–Kier alpha value is -1.96. The zero-order valence-corrected chi connectivity index (χ0v) is 13.7. The molecule has 0 spiro atoms. The number of fused-ring (bicyclic) bond motifs is 1. The van der Waals surface area contributed by atoms with Gasteiger partial charge in [-0.2, -0.15) is 0 Å². The molecule has 1 heterocycles. The van der Waals surface area contributed by atoms with Gasteiger partial charge in [0.1, 0.15) is 10.7 Å². The van der Waals surface area contributed by atoms with Crippen LogP contribution in [0.5, 0.6) is 0 Å². The Balaban J connectivity index is 1.85. The van der Waals surface area contributed by atoms with Crippen molar-refractivity contribution in [2.24, 2.45) is 0 Å². The number of rotatable bonds is 4. The first kappa shape index (κ1) is 15.9. The third kappa shape index (κ3) is 3.21. The van der Waals surface area contributed by atoms with Gasteiger partial charge in [-0.1, -0.05) is 17.7 Å². The van der Waals surface area contributed by atoms with Gasteiger partial charge < -0.3 is 4.98 Å². The van der Waals surface area contributed by atoms with Crippen LogP contribution in [-0.4, -0.2) is 18.4 Å². The number of aromatic amines is 1. The van der Waals surface area contributed by atoms with Crippen molar-refractivity contribution in [3.63, 3.8) is 0 Å². The lowest BCUT2D eigenvalue weighted by atomic mass is 10.2. The predicted molar refractivity (Wildman–Crippen MR) is 86.3 cm³/mol. The fourth-order valence-electron chi connectivity index (χ4n) is 2.19. The molecule has 0 aliphatic heterocycles. The first-order valence-corrected chi connectivity index (χ1v) is 8.60. The predicted octanol–water partition coefficient (Wildman–Crippen LogP) is 3.14. The number of nitrogens with one attached hydrogen (secondary N) is 2. The lowest BCUT2D eigenvalue weighted by Gasteiger charge is -2.10. The van der Waals surface area contributed by atoms with Crippen molar-refractivity contribution in [3.05, 3.63) is 58.6 Å². The van der Waals surface area contributed by atoms with Crippen molar-refractivity contribution in [3.8, 4) is 0 Å². The van der Waals surface area contributed by atoms with E-state index in [-0.39, 0.29) is 22.0 Å². The summed E-state index contributed by atoms with van der Waals surface area (Å²) >= 11 is 5.86. The molecule has 0 aliphatic rings. The van der Waals surface area contributed by atoms with Crippen molar-refractivity contribution >= 4 is 32.7 Å². The van der Waals surface area contributed by atoms with Crippen molar-refractivity contribution in [2.45, 2.75) is 18.4 Å². The minimum atomic E-state index is -3.84. The van der Waals surface area contributed by atoms with Crippen LogP contribution in [0.2, 0.25) is 5.02 Å². The van der Waals surface area contributed by atoms with Crippen LogP contribution in [0.15, 0.2) is 41.6 Å². The number of benzene rings is 2. The summed E-state index contributed by atoms with van der Waals surface area (Å²) in [6.07, 6.45) is 1.57. The molecule has 2 aromatic carbocycles. The lowest BCUT2D eigenvalue weighted by Crippen LogP contribution is -2.23. The van der Waals surface area contributed by atoms with Gasteiger partial charge in [0, 0.05) is 6.54 Å². The highest BCUT2D eigenvalue weighted by Gasteiger charge is 2.19. The average Bonchev–Trinajstić information content (AvgIpc) is 2.96. The van der Waals surface area contributed by atoms with E-state index in [0.717, 1.165) is 22.7 Å². The van der Waals surface area contributed by atoms with E-state index in [2.05, 4.69) is 14.7 Å². The second-order valence-corrected chi connectivity index (χ2v) is 7.25. The minimum absolute atomic E-state index is 0.0873. The highest BCUT2D eigenvalue weighted by molar-refractivity contribution is 7.89. The van der Waals surface area contributed by atoms with E-state index < -0.39 is 15.8 Å². The molecule has 0 radical (unpaired) electrons. The Labute approximate surface area is 137 Å². The zero-order chi connectivity index (χ0) is 16.6. The van der Waals surface area contributed by atoms with Gasteiger partial charge in [0.2, 0.25) is 10.0 Å². The molecule has 0 bridgehead atoms.